The van der Waals surface area contributed by atoms with E-state index in [-0.39, 0.29) is 18.2 Å². The highest BCUT2D eigenvalue weighted by Crippen LogP contribution is 2.34. The Hall–Kier alpha value is -1.96. The normalized spacial score (nSPS) is 24.0. The lowest BCUT2D eigenvalue weighted by molar-refractivity contribution is -0.136. The fraction of sp³-hybridized carbons (Fsp3) is 0.500. The predicted octanol–water partition coefficient (Wildman–Crippen LogP) is 0.506. The first-order valence-corrected chi connectivity index (χ1v) is 9.30. The van der Waals surface area contributed by atoms with Crippen LogP contribution >= 0.6 is 11.6 Å². The van der Waals surface area contributed by atoms with Gasteiger partial charge in [0.2, 0.25) is 11.8 Å². The zero-order valence-electron chi connectivity index (χ0n) is 14.4. The van der Waals surface area contributed by atoms with E-state index in [1.807, 2.05) is 0 Å². The molecule has 8 heteroatoms. The van der Waals surface area contributed by atoms with Crippen LogP contribution in [0.4, 0.5) is 0 Å². The van der Waals surface area contributed by atoms with Crippen molar-refractivity contribution in [1.82, 2.24) is 20.4 Å². The highest BCUT2D eigenvalue weighted by Gasteiger charge is 2.40. The number of amides is 3. The van der Waals surface area contributed by atoms with Crippen molar-refractivity contribution in [2.45, 2.75) is 32.0 Å². The summed E-state index contributed by atoms with van der Waals surface area (Å²) in [5.74, 6) is -0.831. The van der Waals surface area contributed by atoms with Crippen molar-refractivity contribution in [2.75, 3.05) is 26.2 Å². The van der Waals surface area contributed by atoms with Gasteiger partial charge in [0.25, 0.3) is 5.91 Å². The number of hydrogen-bond acceptors (Lipinski definition) is 5. The van der Waals surface area contributed by atoms with Gasteiger partial charge in [-0.1, -0.05) is 11.6 Å². The van der Waals surface area contributed by atoms with Gasteiger partial charge in [0.1, 0.15) is 6.04 Å². The number of nitrogens with one attached hydrogen (secondary N) is 2. The molecule has 0 radical (unpaired) electrons. The zero-order valence-corrected chi connectivity index (χ0v) is 15.1. The molecule has 1 atom stereocenters. The molecule has 0 saturated carbocycles. The summed E-state index contributed by atoms with van der Waals surface area (Å²) in [6.45, 7) is 4.81. The number of carbonyl (C=O) groups is 3. The summed E-state index contributed by atoms with van der Waals surface area (Å²) in [7, 11) is 0. The molecule has 3 heterocycles. The molecule has 1 aromatic carbocycles. The Labute approximate surface area is 156 Å². The maximum Gasteiger partial charge on any atom is 0.255 e. The second-order valence-corrected chi connectivity index (χ2v) is 7.39. The van der Waals surface area contributed by atoms with Gasteiger partial charge in [-0.15, -0.1) is 0 Å². The van der Waals surface area contributed by atoms with Gasteiger partial charge in [0.05, 0.1) is 0 Å². The first kappa shape index (κ1) is 17.5. The van der Waals surface area contributed by atoms with E-state index < -0.39 is 11.9 Å². The second kappa shape index (κ2) is 6.98. The third kappa shape index (κ3) is 3.11. The first-order chi connectivity index (χ1) is 12.5. The molecule has 7 nitrogen and oxygen atoms in total. The molecule has 3 aliphatic heterocycles. The molecule has 4 rings (SSSR count). The third-order valence-electron chi connectivity index (χ3n) is 5.37. The Morgan fingerprint density at radius 1 is 1.15 bits per heavy atom. The van der Waals surface area contributed by atoms with Crippen molar-refractivity contribution < 1.29 is 14.4 Å². The summed E-state index contributed by atoms with van der Waals surface area (Å²) < 4.78 is 0. The smallest absolute Gasteiger partial charge is 0.255 e. The first-order valence-electron chi connectivity index (χ1n) is 8.92. The average molecular weight is 377 g/mol. The predicted molar refractivity (Wildman–Crippen MR) is 95.6 cm³/mol. The topological polar surface area (TPSA) is 81.8 Å². The van der Waals surface area contributed by atoms with E-state index in [9.17, 15) is 14.4 Å². The lowest BCUT2D eigenvalue weighted by Crippen LogP contribution is -2.52. The zero-order chi connectivity index (χ0) is 18.3. The number of piperidine rings is 1. The van der Waals surface area contributed by atoms with Gasteiger partial charge in [0, 0.05) is 56.3 Å². The highest BCUT2D eigenvalue weighted by molar-refractivity contribution is 6.31. The van der Waals surface area contributed by atoms with Crippen LogP contribution in [0.3, 0.4) is 0 Å². The van der Waals surface area contributed by atoms with Crippen molar-refractivity contribution in [3.8, 4) is 0 Å². The van der Waals surface area contributed by atoms with Crippen LogP contribution in [0.1, 0.15) is 34.3 Å². The molecule has 0 aliphatic carbocycles. The Kier molecular flexibility index (Phi) is 4.69. The van der Waals surface area contributed by atoms with Crippen molar-refractivity contribution in [1.29, 1.82) is 0 Å². The van der Waals surface area contributed by atoms with Gasteiger partial charge in [-0.3, -0.25) is 24.6 Å². The molecule has 0 spiro atoms. The summed E-state index contributed by atoms with van der Waals surface area (Å²) in [6.07, 6.45) is 0.621. The summed E-state index contributed by atoms with van der Waals surface area (Å²) in [5.41, 5.74) is 2.49. The van der Waals surface area contributed by atoms with E-state index in [0.717, 1.165) is 37.3 Å². The maximum absolute atomic E-state index is 12.9. The fourth-order valence-electron chi connectivity index (χ4n) is 3.94. The number of hydrogen-bond donors (Lipinski definition) is 2. The van der Waals surface area contributed by atoms with E-state index >= 15 is 0 Å². The van der Waals surface area contributed by atoms with Crippen molar-refractivity contribution in [3.63, 3.8) is 0 Å². The fourth-order valence-corrected chi connectivity index (χ4v) is 4.17. The molecule has 0 aromatic heterocycles. The molecule has 26 heavy (non-hydrogen) atoms. The third-order valence-corrected chi connectivity index (χ3v) is 5.73. The Balaban J connectivity index is 1.60. The van der Waals surface area contributed by atoms with Crippen LogP contribution in [0, 0.1) is 0 Å². The Morgan fingerprint density at radius 2 is 1.92 bits per heavy atom. The molecule has 2 fully saturated rings. The molecule has 3 aliphatic rings. The quantitative estimate of drug-likeness (QED) is 0.751. The van der Waals surface area contributed by atoms with Gasteiger partial charge >= 0.3 is 0 Å². The van der Waals surface area contributed by atoms with Gasteiger partial charge in [-0.2, -0.15) is 0 Å². The Morgan fingerprint density at radius 3 is 2.65 bits per heavy atom. The Bertz CT molecular complexity index is 776. The standard InChI is InChI=1S/C18H21ClN4O3/c19-14-2-1-11-12(13(14)9-22-7-5-20-6-8-22)10-23(18(11)26)15-3-4-16(24)21-17(15)25/h1-2,15,20H,3-10H2,(H,21,24,25). The van der Waals surface area contributed by atoms with Crippen LogP contribution in [0.15, 0.2) is 12.1 Å². The molecule has 1 unspecified atom stereocenters. The molecule has 2 saturated heterocycles. The van der Waals surface area contributed by atoms with E-state index in [4.69, 9.17) is 11.6 Å². The van der Waals surface area contributed by atoms with Gasteiger partial charge < -0.3 is 10.2 Å². The molecule has 1 aromatic rings. The summed E-state index contributed by atoms with van der Waals surface area (Å²) in [5, 5.41) is 6.31. The van der Waals surface area contributed by atoms with Crippen LogP contribution in [0.25, 0.3) is 0 Å². The largest absolute Gasteiger partial charge is 0.322 e. The number of imide groups is 1. The minimum Gasteiger partial charge on any atom is -0.322 e. The number of rotatable bonds is 3. The number of benzene rings is 1. The van der Waals surface area contributed by atoms with Crippen LogP contribution in [0.2, 0.25) is 5.02 Å². The van der Waals surface area contributed by atoms with Gasteiger partial charge in [-0.25, -0.2) is 0 Å². The van der Waals surface area contributed by atoms with Gasteiger partial charge in [-0.05, 0) is 29.7 Å². The number of carbonyl (C=O) groups excluding carboxylic acids is 3. The SMILES string of the molecule is O=C1CCC(N2Cc3c(ccc(Cl)c3CN3CCNCC3)C2=O)C(=O)N1. The molecular formula is C18H21ClN4O3. The summed E-state index contributed by atoms with van der Waals surface area (Å²) in [4.78, 5) is 40.3. The van der Waals surface area contributed by atoms with Crippen molar-refractivity contribution in [2.24, 2.45) is 0 Å². The van der Waals surface area contributed by atoms with E-state index in [0.29, 0.717) is 30.1 Å². The van der Waals surface area contributed by atoms with Gasteiger partial charge in [0.15, 0.2) is 0 Å². The van der Waals surface area contributed by atoms with Crippen LogP contribution in [0.5, 0.6) is 0 Å². The van der Waals surface area contributed by atoms with Crippen molar-refractivity contribution in [3.05, 3.63) is 33.8 Å². The molecule has 138 valence electrons. The molecule has 3 amide bonds. The average Bonchev–Trinajstić information content (AvgIpc) is 2.95. The number of nitrogens with zero attached hydrogens (tertiary/aromatic N) is 2. The minimum absolute atomic E-state index is 0.160. The summed E-state index contributed by atoms with van der Waals surface area (Å²) in [6, 6.07) is 2.91. The number of halogens is 1. The van der Waals surface area contributed by atoms with E-state index in [1.165, 1.54) is 0 Å². The van der Waals surface area contributed by atoms with E-state index in [2.05, 4.69) is 15.5 Å². The maximum atomic E-state index is 12.9. The molecule has 2 N–H and O–H groups in total. The minimum atomic E-state index is -0.599. The van der Waals surface area contributed by atoms with Crippen LogP contribution in [-0.4, -0.2) is 59.7 Å². The second-order valence-electron chi connectivity index (χ2n) is 6.98. The van der Waals surface area contributed by atoms with Crippen LogP contribution < -0.4 is 10.6 Å². The number of fused-ring (bicyclic) bond motifs is 1. The molecular weight excluding hydrogens is 356 g/mol. The molecule has 0 bridgehead atoms. The number of piperazine rings is 1. The van der Waals surface area contributed by atoms with Crippen molar-refractivity contribution >= 4 is 29.3 Å². The summed E-state index contributed by atoms with van der Waals surface area (Å²) >= 11 is 6.46. The van der Waals surface area contributed by atoms with Crippen LogP contribution in [-0.2, 0) is 22.7 Å². The monoisotopic (exact) mass is 376 g/mol. The highest BCUT2D eigenvalue weighted by atomic mass is 35.5. The lowest BCUT2D eigenvalue weighted by atomic mass is 10.0. The lowest BCUT2D eigenvalue weighted by Gasteiger charge is -2.30. The van der Waals surface area contributed by atoms with E-state index in [1.54, 1.807) is 17.0 Å².